The molecule has 0 aromatic heterocycles. The topological polar surface area (TPSA) is 66.8 Å². The van der Waals surface area contributed by atoms with E-state index in [2.05, 4.69) is 0 Å². The molecule has 2 aliphatic heterocycles. The third kappa shape index (κ3) is 2.83. The molecule has 2 atom stereocenters. The molecule has 2 aliphatic rings. The van der Waals surface area contributed by atoms with Crippen LogP contribution in [0.25, 0.3) is 0 Å². The zero-order valence-corrected chi connectivity index (χ0v) is 14.6. The van der Waals surface area contributed by atoms with Crippen LogP contribution in [0, 0.1) is 11.8 Å². The van der Waals surface area contributed by atoms with Gasteiger partial charge in [0.2, 0.25) is 5.91 Å². The highest BCUT2D eigenvalue weighted by atomic mass is 16.5. The predicted molar refractivity (Wildman–Crippen MR) is 96.3 cm³/mol. The molecule has 0 bridgehead atoms. The molecule has 0 spiro atoms. The highest BCUT2D eigenvalue weighted by Crippen LogP contribution is 2.45. The van der Waals surface area contributed by atoms with Crippen LogP contribution in [0.5, 0.6) is 11.5 Å². The first-order valence-corrected chi connectivity index (χ1v) is 8.92. The van der Waals surface area contributed by atoms with Crippen molar-refractivity contribution in [2.75, 3.05) is 13.1 Å². The summed E-state index contributed by atoms with van der Waals surface area (Å²) in [6.07, 6.45) is 0.611. The van der Waals surface area contributed by atoms with Crippen LogP contribution in [0.4, 0.5) is 0 Å². The SMILES string of the molecule is CC1CC(C(=O)O)CN(C(=O)C2c3ccccc3Oc3ccccc32)C1. The van der Waals surface area contributed by atoms with Crippen LogP contribution in [0.1, 0.15) is 30.4 Å². The number of likely N-dealkylation sites (tertiary alicyclic amines) is 1. The van der Waals surface area contributed by atoms with Gasteiger partial charge in [-0.05, 0) is 24.5 Å². The van der Waals surface area contributed by atoms with Gasteiger partial charge in [0, 0.05) is 24.2 Å². The first-order chi connectivity index (χ1) is 12.5. The number of nitrogens with zero attached hydrogens (tertiary/aromatic N) is 1. The molecule has 2 heterocycles. The summed E-state index contributed by atoms with van der Waals surface area (Å²) in [4.78, 5) is 26.7. The number of carboxylic acid groups (broad SMARTS) is 1. The highest BCUT2D eigenvalue weighted by Gasteiger charge is 2.39. The zero-order valence-electron chi connectivity index (χ0n) is 14.6. The number of carbonyl (C=O) groups is 2. The number of hydrogen-bond acceptors (Lipinski definition) is 3. The molecule has 1 fully saturated rings. The Balaban J connectivity index is 1.73. The van der Waals surface area contributed by atoms with Crippen molar-refractivity contribution in [1.82, 2.24) is 4.90 Å². The van der Waals surface area contributed by atoms with Gasteiger partial charge in [0.1, 0.15) is 11.5 Å². The van der Waals surface area contributed by atoms with Crippen molar-refractivity contribution in [2.24, 2.45) is 11.8 Å². The summed E-state index contributed by atoms with van der Waals surface area (Å²) in [5, 5.41) is 9.42. The van der Waals surface area contributed by atoms with Gasteiger partial charge in [-0.2, -0.15) is 0 Å². The van der Waals surface area contributed by atoms with Gasteiger partial charge in [-0.3, -0.25) is 9.59 Å². The second-order valence-corrected chi connectivity index (χ2v) is 7.23. The van der Waals surface area contributed by atoms with Crippen molar-refractivity contribution in [3.63, 3.8) is 0 Å². The van der Waals surface area contributed by atoms with Crippen molar-refractivity contribution in [3.05, 3.63) is 59.7 Å². The van der Waals surface area contributed by atoms with Crippen LogP contribution in [-0.4, -0.2) is 35.0 Å². The van der Waals surface area contributed by atoms with Gasteiger partial charge in [-0.25, -0.2) is 0 Å². The van der Waals surface area contributed by atoms with E-state index in [9.17, 15) is 14.7 Å². The van der Waals surface area contributed by atoms with E-state index in [1.165, 1.54) is 0 Å². The van der Waals surface area contributed by atoms with Gasteiger partial charge in [-0.1, -0.05) is 43.3 Å². The van der Waals surface area contributed by atoms with Crippen molar-refractivity contribution < 1.29 is 19.4 Å². The summed E-state index contributed by atoms with van der Waals surface area (Å²) < 4.78 is 5.96. The van der Waals surface area contributed by atoms with E-state index < -0.39 is 17.8 Å². The summed E-state index contributed by atoms with van der Waals surface area (Å²) in [6.45, 7) is 2.85. The van der Waals surface area contributed by atoms with Crippen LogP contribution >= 0.6 is 0 Å². The maximum atomic E-state index is 13.5. The Morgan fingerprint density at radius 3 is 2.15 bits per heavy atom. The number of amides is 1. The smallest absolute Gasteiger partial charge is 0.308 e. The first kappa shape index (κ1) is 16.6. The second-order valence-electron chi connectivity index (χ2n) is 7.23. The number of rotatable bonds is 2. The van der Waals surface area contributed by atoms with E-state index >= 15 is 0 Å². The maximum absolute atomic E-state index is 13.5. The highest BCUT2D eigenvalue weighted by molar-refractivity contribution is 5.90. The molecule has 26 heavy (non-hydrogen) atoms. The first-order valence-electron chi connectivity index (χ1n) is 8.92. The lowest BCUT2D eigenvalue weighted by molar-refractivity contribution is -0.147. The van der Waals surface area contributed by atoms with Crippen LogP contribution < -0.4 is 4.74 Å². The lowest BCUT2D eigenvalue weighted by Crippen LogP contribution is -2.47. The van der Waals surface area contributed by atoms with Gasteiger partial charge in [0.15, 0.2) is 0 Å². The Hall–Kier alpha value is -2.82. The minimum absolute atomic E-state index is 0.0500. The minimum Gasteiger partial charge on any atom is -0.481 e. The van der Waals surface area contributed by atoms with Crippen LogP contribution in [0.2, 0.25) is 0 Å². The normalized spacial score (nSPS) is 22.1. The number of piperidine rings is 1. The third-order valence-corrected chi connectivity index (χ3v) is 5.25. The van der Waals surface area contributed by atoms with Crippen molar-refractivity contribution in [3.8, 4) is 11.5 Å². The van der Waals surface area contributed by atoms with Gasteiger partial charge < -0.3 is 14.7 Å². The lowest BCUT2D eigenvalue weighted by Gasteiger charge is -2.38. The summed E-state index contributed by atoms with van der Waals surface area (Å²) in [7, 11) is 0. The van der Waals surface area contributed by atoms with E-state index in [0.29, 0.717) is 24.5 Å². The van der Waals surface area contributed by atoms with Crippen molar-refractivity contribution >= 4 is 11.9 Å². The molecule has 2 unspecified atom stereocenters. The molecule has 5 nitrogen and oxygen atoms in total. The monoisotopic (exact) mass is 351 g/mol. The largest absolute Gasteiger partial charge is 0.481 e. The van der Waals surface area contributed by atoms with Gasteiger partial charge in [-0.15, -0.1) is 0 Å². The fraction of sp³-hybridized carbons (Fsp3) is 0.333. The maximum Gasteiger partial charge on any atom is 0.308 e. The average molecular weight is 351 g/mol. The molecular formula is C21H21NO4. The number of carboxylic acids is 1. The number of carbonyl (C=O) groups excluding carboxylic acids is 1. The molecule has 4 rings (SSSR count). The van der Waals surface area contributed by atoms with E-state index in [1.54, 1.807) is 4.90 Å². The molecular weight excluding hydrogens is 330 g/mol. The molecule has 2 aromatic rings. The molecule has 0 aliphatic carbocycles. The number of fused-ring (bicyclic) bond motifs is 2. The Bertz CT molecular complexity index is 817. The number of benzene rings is 2. The standard InChI is InChI=1S/C21H21NO4/c1-13-10-14(21(24)25)12-22(11-13)20(23)19-15-6-2-4-8-17(15)26-18-9-5-3-7-16(18)19/h2-9,13-14,19H,10-12H2,1H3,(H,24,25). The van der Waals surface area contributed by atoms with Gasteiger partial charge in [0.05, 0.1) is 11.8 Å². The molecule has 1 saturated heterocycles. The number of hydrogen-bond donors (Lipinski definition) is 1. The lowest BCUT2D eigenvalue weighted by atomic mass is 9.84. The summed E-state index contributed by atoms with van der Waals surface area (Å²) in [5.74, 6) is -0.315. The average Bonchev–Trinajstić information content (AvgIpc) is 2.65. The van der Waals surface area contributed by atoms with Crippen LogP contribution in [0.15, 0.2) is 48.5 Å². The van der Waals surface area contributed by atoms with E-state index in [-0.39, 0.29) is 18.4 Å². The predicted octanol–water partition coefficient (Wildman–Crippen LogP) is 3.49. The Morgan fingerprint density at radius 2 is 1.58 bits per heavy atom. The van der Waals surface area contributed by atoms with Crippen LogP contribution in [-0.2, 0) is 9.59 Å². The number of para-hydroxylation sites is 2. The molecule has 1 N–H and O–H groups in total. The van der Waals surface area contributed by atoms with Crippen LogP contribution in [0.3, 0.4) is 0 Å². The van der Waals surface area contributed by atoms with Gasteiger partial charge >= 0.3 is 5.97 Å². The number of ether oxygens (including phenoxy) is 1. The van der Waals surface area contributed by atoms with E-state index in [0.717, 1.165) is 11.1 Å². The molecule has 0 radical (unpaired) electrons. The second kappa shape index (κ2) is 6.48. The summed E-state index contributed by atoms with van der Waals surface area (Å²) in [6, 6.07) is 15.1. The Morgan fingerprint density at radius 1 is 1.00 bits per heavy atom. The van der Waals surface area contributed by atoms with Crippen molar-refractivity contribution in [1.29, 1.82) is 0 Å². The molecule has 5 heteroatoms. The van der Waals surface area contributed by atoms with Gasteiger partial charge in [0.25, 0.3) is 0 Å². The zero-order chi connectivity index (χ0) is 18.3. The van der Waals surface area contributed by atoms with E-state index in [4.69, 9.17) is 4.74 Å². The molecule has 2 aromatic carbocycles. The molecule has 1 amide bonds. The third-order valence-electron chi connectivity index (χ3n) is 5.25. The number of aliphatic carboxylic acids is 1. The molecule has 0 saturated carbocycles. The fourth-order valence-corrected chi connectivity index (χ4v) is 4.07. The quantitative estimate of drug-likeness (QED) is 0.899. The fourth-order valence-electron chi connectivity index (χ4n) is 4.07. The van der Waals surface area contributed by atoms with E-state index in [1.807, 2.05) is 55.5 Å². The summed E-state index contributed by atoms with van der Waals surface area (Å²) in [5.41, 5.74) is 1.67. The Labute approximate surface area is 152 Å². The summed E-state index contributed by atoms with van der Waals surface area (Å²) >= 11 is 0. The van der Waals surface area contributed by atoms with Crippen molar-refractivity contribution in [2.45, 2.75) is 19.3 Å². The molecule has 134 valence electrons. The Kier molecular flexibility index (Phi) is 4.15. The minimum atomic E-state index is -0.831.